The largest absolute Gasteiger partial charge is 0.616 e. The molecule has 5 heteroatoms. The molecule has 26 heavy (non-hydrogen) atoms. The second kappa shape index (κ2) is 12.6. The molecule has 2 aliphatic heterocycles. The minimum atomic E-state index is -0.674. The highest BCUT2D eigenvalue weighted by Gasteiger charge is 2.49. The lowest BCUT2D eigenvalue weighted by Gasteiger charge is -2.30. The molecule has 2 fully saturated rings. The summed E-state index contributed by atoms with van der Waals surface area (Å²) in [6.07, 6.45) is 14.7. The van der Waals surface area contributed by atoms with Crippen LogP contribution in [-0.2, 0) is 16.0 Å². The normalized spacial score (nSPS) is 28.5. The van der Waals surface area contributed by atoms with Crippen molar-refractivity contribution >= 4 is 28.9 Å². The number of hydrogen-bond donors (Lipinski definition) is 1. The molecule has 1 unspecified atom stereocenters. The molecule has 2 heterocycles. The average molecular weight is 403 g/mol. The smallest absolute Gasteiger partial charge is 0.303 e. The highest BCUT2D eigenvalue weighted by molar-refractivity contribution is 8.01. The fourth-order valence-electron chi connectivity index (χ4n) is 4.68. The van der Waals surface area contributed by atoms with E-state index in [9.17, 15) is 9.35 Å². The predicted molar refractivity (Wildman–Crippen MR) is 113 cm³/mol. The second-order valence-corrected chi connectivity index (χ2v) is 11.3. The van der Waals surface area contributed by atoms with Crippen molar-refractivity contribution in [2.75, 3.05) is 11.5 Å². The van der Waals surface area contributed by atoms with E-state index >= 15 is 0 Å². The highest BCUT2D eigenvalue weighted by Crippen LogP contribution is 2.54. The van der Waals surface area contributed by atoms with Crippen LogP contribution in [0.5, 0.6) is 0 Å². The lowest BCUT2D eigenvalue weighted by atomic mass is 9.77. The van der Waals surface area contributed by atoms with E-state index in [1.807, 2.05) is 0 Å². The van der Waals surface area contributed by atoms with Gasteiger partial charge in [0.15, 0.2) is 0 Å². The second-order valence-electron chi connectivity index (χ2n) is 8.19. The van der Waals surface area contributed by atoms with Gasteiger partial charge in [0.1, 0.15) is 11.5 Å². The summed E-state index contributed by atoms with van der Waals surface area (Å²) in [7, 11) is 0. The van der Waals surface area contributed by atoms with Gasteiger partial charge in [-0.25, -0.2) is 0 Å². The Morgan fingerprint density at radius 2 is 1.65 bits per heavy atom. The fourth-order valence-corrected chi connectivity index (χ4v) is 8.43. The van der Waals surface area contributed by atoms with E-state index in [0.717, 1.165) is 53.6 Å². The molecule has 2 bridgehead atoms. The topological polar surface area (TPSA) is 60.4 Å². The van der Waals surface area contributed by atoms with Gasteiger partial charge in [-0.1, -0.05) is 56.6 Å². The summed E-state index contributed by atoms with van der Waals surface area (Å²) in [6.45, 7) is 2.23. The highest BCUT2D eigenvalue weighted by atomic mass is 32.2. The van der Waals surface area contributed by atoms with E-state index < -0.39 is 17.1 Å². The van der Waals surface area contributed by atoms with Gasteiger partial charge in [-0.05, 0) is 44.4 Å². The van der Waals surface area contributed by atoms with Gasteiger partial charge in [0.25, 0.3) is 0 Å². The molecular formula is C21H38O3S2. The predicted octanol–water partition coefficient (Wildman–Crippen LogP) is 5.64. The lowest BCUT2D eigenvalue weighted by molar-refractivity contribution is -0.137. The number of thioether (sulfide) groups is 1. The van der Waals surface area contributed by atoms with Crippen molar-refractivity contribution in [3.63, 3.8) is 0 Å². The van der Waals surface area contributed by atoms with Crippen LogP contribution in [0.15, 0.2) is 0 Å². The van der Waals surface area contributed by atoms with Gasteiger partial charge in [-0.15, -0.1) is 0 Å². The van der Waals surface area contributed by atoms with E-state index in [0.29, 0.717) is 12.3 Å². The summed E-state index contributed by atoms with van der Waals surface area (Å²) in [6, 6.07) is 0. The first kappa shape index (κ1) is 22.4. The maximum absolute atomic E-state index is 12.6. The van der Waals surface area contributed by atoms with Gasteiger partial charge >= 0.3 is 5.97 Å². The summed E-state index contributed by atoms with van der Waals surface area (Å²) in [5, 5.41) is 10.3. The number of carboxylic acids is 1. The third-order valence-electron chi connectivity index (χ3n) is 6.12. The molecule has 2 aliphatic rings. The number of hydrogen-bond acceptors (Lipinski definition) is 3. The van der Waals surface area contributed by atoms with Crippen LogP contribution in [-0.4, -0.2) is 37.6 Å². The molecule has 1 N–H and O–H groups in total. The Balaban J connectivity index is 1.64. The molecule has 5 atom stereocenters. The number of carbonyl (C=O) groups is 1. The van der Waals surface area contributed by atoms with Crippen molar-refractivity contribution in [1.29, 1.82) is 0 Å². The van der Waals surface area contributed by atoms with Crippen LogP contribution in [0.25, 0.3) is 0 Å². The standard InChI is InChI=1S/C21H38O3S2/c1-2-3-4-7-10-15-26(24)16-18-17(19-13-14-20(18)25-19)11-8-5-6-9-12-21(22)23/h17-20H,2-16H2,1H3,(H,22,23)/t17-,18+,19-,20+,26?/m1/s1. The number of carboxylic acid groups (broad SMARTS) is 1. The van der Waals surface area contributed by atoms with Crippen LogP contribution in [0.1, 0.15) is 90.4 Å². The maximum Gasteiger partial charge on any atom is 0.303 e. The minimum absolute atomic E-state index is 0.309. The van der Waals surface area contributed by atoms with E-state index in [4.69, 9.17) is 5.11 Å². The SMILES string of the molecule is CCCCCCC[S+]([O-])C[C@H]1[C@@H](CCCCCCC(=O)O)[C@H]2CC[C@@H]1S2. The Bertz CT molecular complexity index is 405. The van der Waals surface area contributed by atoms with Crippen molar-refractivity contribution in [2.45, 2.75) is 101 Å². The average Bonchev–Trinajstić information content (AvgIpc) is 3.20. The summed E-state index contributed by atoms with van der Waals surface area (Å²) >= 11 is 1.55. The van der Waals surface area contributed by atoms with E-state index in [-0.39, 0.29) is 0 Å². The van der Waals surface area contributed by atoms with Crippen molar-refractivity contribution in [3.05, 3.63) is 0 Å². The summed E-state index contributed by atoms with van der Waals surface area (Å²) in [5.41, 5.74) is 0. The van der Waals surface area contributed by atoms with Crippen LogP contribution in [0.4, 0.5) is 0 Å². The zero-order valence-corrected chi connectivity index (χ0v) is 18.1. The van der Waals surface area contributed by atoms with E-state index in [1.165, 1.54) is 51.4 Å². The molecule has 0 amide bonds. The zero-order chi connectivity index (χ0) is 18.8. The van der Waals surface area contributed by atoms with Crippen molar-refractivity contribution in [3.8, 4) is 0 Å². The molecule has 0 aliphatic carbocycles. The Hall–Kier alpha value is 0.130. The van der Waals surface area contributed by atoms with Crippen molar-refractivity contribution < 1.29 is 14.5 Å². The molecule has 2 saturated heterocycles. The van der Waals surface area contributed by atoms with Crippen LogP contribution < -0.4 is 0 Å². The first-order valence-electron chi connectivity index (χ1n) is 10.8. The summed E-state index contributed by atoms with van der Waals surface area (Å²) in [5.74, 6) is 2.61. The molecule has 0 spiro atoms. The zero-order valence-electron chi connectivity index (χ0n) is 16.5. The number of aliphatic carboxylic acids is 1. The summed E-state index contributed by atoms with van der Waals surface area (Å²) < 4.78 is 12.6. The third kappa shape index (κ3) is 7.63. The first-order chi connectivity index (χ1) is 12.6. The molecule has 0 aromatic rings. The van der Waals surface area contributed by atoms with Crippen molar-refractivity contribution in [2.24, 2.45) is 11.8 Å². The Kier molecular flexibility index (Phi) is 10.8. The van der Waals surface area contributed by atoms with E-state index in [2.05, 4.69) is 18.7 Å². The number of rotatable bonds is 15. The monoisotopic (exact) mass is 402 g/mol. The van der Waals surface area contributed by atoms with Gasteiger partial charge in [0.05, 0.1) is 0 Å². The Morgan fingerprint density at radius 3 is 2.38 bits per heavy atom. The van der Waals surface area contributed by atoms with Gasteiger partial charge in [0.2, 0.25) is 0 Å². The van der Waals surface area contributed by atoms with Crippen LogP contribution in [0.3, 0.4) is 0 Å². The number of fused-ring (bicyclic) bond motifs is 2. The molecule has 0 aromatic carbocycles. The van der Waals surface area contributed by atoms with Crippen molar-refractivity contribution in [1.82, 2.24) is 0 Å². The Labute approximate surface area is 167 Å². The summed E-state index contributed by atoms with van der Waals surface area (Å²) in [4.78, 5) is 10.6. The Morgan fingerprint density at radius 1 is 1.00 bits per heavy atom. The maximum atomic E-state index is 12.6. The fraction of sp³-hybridized carbons (Fsp3) is 0.952. The van der Waals surface area contributed by atoms with Crippen LogP contribution in [0.2, 0.25) is 0 Å². The quantitative estimate of drug-likeness (QED) is 0.284. The molecule has 0 radical (unpaired) electrons. The van der Waals surface area contributed by atoms with Gasteiger partial charge < -0.3 is 9.66 Å². The first-order valence-corrected chi connectivity index (χ1v) is 13.3. The molecule has 3 nitrogen and oxygen atoms in total. The van der Waals surface area contributed by atoms with Crippen LogP contribution in [0, 0.1) is 11.8 Å². The van der Waals surface area contributed by atoms with Crippen LogP contribution >= 0.6 is 11.8 Å². The minimum Gasteiger partial charge on any atom is -0.616 e. The molecule has 0 aromatic heterocycles. The molecule has 152 valence electrons. The number of unbranched alkanes of at least 4 members (excludes halogenated alkanes) is 7. The molecule has 0 saturated carbocycles. The van der Waals surface area contributed by atoms with E-state index in [1.54, 1.807) is 0 Å². The molecule has 2 rings (SSSR count). The third-order valence-corrected chi connectivity index (χ3v) is 9.49. The van der Waals surface area contributed by atoms with Gasteiger partial charge in [-0.2, -0.15) is 11.8 Å². The lowest BCUT2D eigenvalue weighted by Crippen LogP contribution is -2.33. The van der Waals surface area contributed by atoms with Gasteiger partial charge in [0, 0.05) is 22.8 Å². The van der Waals surface area contributed by atoms with Gasteiger partial charge in [-0.3, -0.25) is 4.79 Å². The molecular weight excluding hydrogens is 364 g/mol.